The van der Waals surface area contributed by atoms with Crippen molar-refractivity contribution in [3.63, 3.8) is 0 Å². The molecule has 1 aromatic carbocycles. The van der Waals surface area contributed by atoms with Gasteiger partial charge in [0.25, 0.3) is 0 Å². The second-order valence-electron chi connectivity index (χ2n) is 11.7. The molecule has 7 heteroatoms. The molecule has 2 fully saturated rings. The Morgan fingerprint density at radius 1 is 0.878 bits per heavy atom. The van der Waals surface area contributed by atoms with Crippen molar-refractivity contribution in [2.45, 2.75) is 113 Å². The van der Waals surface area contributed by atoms with E-state index in [4.69, 9.17) is 4.74 Å². The smallest absolute Gasteiger partial charge is 0.381 e. The summed E-state index contributed by atoms with van der Waals surface area (Å²) in [6.07, 6.45) is 6.63. The van der Waals surface area contributed by atoms with Gasteiger partial charge in [0.05, 0.1) is 30.2 Å². The first-order valence-corrected chi connectivity index (χ1v) is 16.0. The van der Waals surface area contributed by atoms with Crippen molar-refractivity contribution in [2.75, 3.05) is 32.8 Å². The Balaban J connectivity index is 0.000000304. The Morgan fingerprint density at radius 3 is 1.88 bits per heavy atom. The molecule has 4 rings (SSSR count). The fourth-order valence-electron chi connectivity index (χ4n) is 4.91. The lowest BCUT2D eigenvalue weighted by molar-refractivity contribution is -0.137. The van der Waals surface area contributed by atoms with E-state index < -0.39 is 11.7 Å². The van der Waals surface area contributed by atoms with Gasteiger partial charge in [-0.1, -0.05) is 86.5 Å². The average molecular weight is 582 g/mol. The van der Waals surface area contributed by atoms with Gasteiger partial charge in [0, 0.05) is 30.6 Å². The first-order valence-electron chi connectivity index (χ1n) is 16.0. The highest BCUT2D eigenvalue weighted by Gasteiger charge is 2.36. The zero-order valence-electron chi connectivity index (χ0n) is 27.2. The van der Waals surface area contributed by atoms with Crippen LogP contribution in [0.1, 0.15) is 110 Å². The van der Waals surface area contributed by atoms with E-state index in [1.807, 2.05) is 19.9 Å². The molecule has 2 aliphatic heterocycles. The van der Waals surface area contributed by atoms with Gasteiger partial charge >= 0.3 is 6.18 Å². The largest absolute Gasteiger partial charge is 0.416 e. The van der Waals surface area contributed by atoms with Crippen LogP contribution in [-0.4, -0.2) is 47.5 Å². The van der Waals surface area contributed by atoms with Gasteiger partial charge in [-0.25, -0.2) is 4.68 Å². The van der Waals surface area contributed by atoms with Crippen LogP contribution in [0.3, 0.4) is 0 Å². The molecule has 2 aliphatic rings. The number of hydrogen-bond donors (Lipinski definition) is 0. The average Bonchev–Trinajstić information content (AvgIpc) is 3.64. The van der Waals surface area contributed by atoms with Crippen LogP contribution in [0.4, 0.5) is 13.2 Å². The van der Waals surface area contributed by atoms with Gasteiger partial charge in [-0.05, 0) is 63.1 Å². The summed E-state index contributed by atoms with van der Waals surface area (Å²) in [5.74, 6) is 2.68. The molecule has 236 valence electrons. The van der Waals surface area contributed by atoms with Crippen LogP contribution >= 0.6 is 0 Å². The van der Waals surface area contributed by atoms with Crippen LogP contribution in [-0.2, 0) is 10.9 Å². The third-order valence-electron chi connectivity index (χ3n) is 7.80. The normalized spacial score (nSPS) is 18.8. The molecule has 3 unspecified atom stereocenters. The third-order valence-corrected chi connectivity index (χ3v) is 7.80. The Hall–Kier alpha value is -1.86. The molecule has 1 aromatic heterocycles. The van der Waals surface area contributed by atoms with Crippen molar-refractivity contribution in [3.05, 3.63) is 47.3 Å². The summed E-state index contributed by atoms with van der Waals surface area (Å²) in [7, 11) is 0. The molecule has 0 aliphatic carbocycles. The summed E-state index contributed by atoms with van der Waals surface area (Å²) < 4.78 is 44.2. The molecular formula is C34H58F3N3O. The molecule has 2 aromatic rings. The van der Waals surface area contributed by atoms with Crippen molar-refractivity contribution < 1.29 is 17.9 Å². The van der Waals surface area contributed by atoms with E-state index in [9.17, 15) is 13.2 Å². The minimum absolute atomic E-state index is 0.628. The van der Waals surface area contributed by atoms with Gasteiger partial charge in [-0.2, -0.15) is 18.3 Å². The minimum Gasteiger partial charge on any atom is -0.381 e. The molecule has 0 N–H and O–H groups in total. The van der Waals surface area contributed by atoms with Crippen LogP contribution < -0.4 is 0 Å². The lowest BCUT2D eigenvalue weighted by atomic mass is 10.0. The van der Waals surface area contributed by atoms with Gasteiger partial charge in [0.2, 0.25) is 0 Å². The van der Waals surface area contributed by atoms with E-state index in [0.29, 0.717) is 5.69 Å². The van der Waals surface area contributed by atoms with Crippen LogP contribution in [0.25, 0.3) is 5.69 Å². The number of likely N-dealkylation sites (tertiary alicyclic amines) is 1. The standard InChI is InChI=1S/C12H11F3N2.C9H17NO.C9H20.C4H10/c1-8-7-9(2)17(16-8)11-5-3-10(4-6-11)12(13,14)15;1-2-3-10-4-8-6-11-7-9(8)5-10;1-4-6-7-8-9(3)5-2;1-3-4-2/h3-7H,1-2H3;8-9H,2-7H2,1H3;9H,4-8H2,1-3H3;3-4H2,1-2H3. The lowest BCUT2D eigenvalue weighted by Gasteiger charge is -2.14. The third kappa shape index (κ3) is 14.2. The zero-order chi connectivity index (χ0) is 30.8. The number of halogens is 3. The first-order chi connectivity index (χ1) is 19.5. The van der Waals surface area contributed by atoms with Crippen molar-refractivity contribution in [3.8, 4) is 5.69 Å². The second-order valence-corrected chi connectivity index (χ2v) is 11.7. The highest BCUT2D eigenvalue weighted by Crippen LogP contribution is 2.30. The van der Waals surface area contributed by atoms with Gasteiger partial charge in [0.15, 0.2) is 0 Å². The predicted molar refractivity (Wildman–Crippen MR) is 167 cm³/mol. The number of aryl methyl sites for hydroxylation is 2. The summed E-state index contributed by atoms with van der Waals surface area (Å²) in [6, 6.07) is 6.83. The molecule has 0 saturated carbocycles. The number of hydrogen-bond acceptors (Lipinski definition) is 3. The number of benzene rings is 1. The summed E-state index contributed by atoms with van der Waals surface area (Å²) >= 11 is 0. The maximum absolute atomic E-state index is 12.4. The molecule has 0 radical (unpaired) electrons. The van der Waals surface area contributed by atoms with Crippen LogP contribution in [0.2, 0.25) is 0 Å². The molecule has 3 atom stereocenters. The van der Waals surface area contributed by atoms with Crippen LogP contribution in [0.5, 0.6) is 0 Å². The quantitative estimate of drug-likeness (QED) is 0.276. The molecule has 0 bridgehead atoms. The highest BCUT2D eigenvalue weighted by atomic mass is 19.4. The maximum atomic E-state index is 12.4. The van der Waals surface area contributed by atoms with Crippen molar-refractivity contribution in [1.82, 2.24) is 14.7 Å². The van der Waals surface area contributed by atoms with Gasteiger partial charge in [-0.15, -0.1) is 0 Å². The van der Waals surface area contributed by atoms with Crippen molar-refractivity contribution in [2.24, 2.45) is 17.8 Å². The number of ether oxygens (including phenoxy) is 1. The molecule has 4 nitrogen and oxygen atoms in total. The summed E-state index contributed by atoms with van der Waals surface area (Å²) in [6.45, 7) is 23.1. The number of fused-ring (bicyclic) bond motifs is 1. The SMILES string of the molecule is CCCC.CCCCCC(C)CC.CCCN1CC2COCC2C1.Cc1cc(C)n(-c2ccc(C(F)(F)F)cc2)n1. The number of unbranched alkanes of at least 4 members (excludes halogenated alkanes) is 3. The van der Waals surface area contributed by atoms with E-state index in [0.717, 1.165) is 54.5 Å². The highest BCUT2D eigenvalue weighted by molar-refractivity contribution is 5.36. The number of rotatable bonds is 9. The van der Waals surface area contributed by atoms with Crippen LogP contribution in [0, 0.1) is 31.6 Å². The summed E-state index contributed by atoms with van der Waals surface area (Å²) in [4.78, 5) is 2.58. The van der Waals surface area contributed by atoms with E-state index in [1.54, 1.807) is 4.68 Å². The maximum Gasteiger partial charge on any atom is 0.416 e. The van der Waals surface area contributed by atoms with E-state index >= 15 is 0 Å². The van der Waals surface area contributed by atoms with Gasteiger partial charge in [0.1, 0.15) is 0 Å². The van der Waals surface area contributed by atoms with Crippen molar-refractivity contribution in [1.29, 1.82) is 0 Å². The summed E-state index contributed by atoms with van der Waals surface area (Å²) in [5.41, 5.74) is 1.70. The molecule has 2 saturated heterocycles. The van der Waals surface area contributed by atoms with Gasteiger partial charge < -0.3 is 9.64 Å². The molecule has 41 heavy (non-hydrogen) atoms. The Morgan fingerprint density at radius 2 is 1.46 bits per heavy atom. The predicted octanol–water partition coefficient (Wildman–Crippen LogP) is 9.90. The molecule has 0 spiro atoms. The lowest BCUT2D eigenvalue weighted by Crippen LogP contribution is -2.23. The number of nitrogens with zero attached hydrogens (tertiary/aromatic N) is 3. The zero-order valence-corrected chi connectivity index (χ0v) is 27.2. The van der Waals surface area contributed by atoms with Crippen molar-refractivity contribution >= 4 is 0 Å². The fraction of sp³-hybridized carbons (Fsp3) is 0.735. The van der Waals surface area contributed by atoms with Gasteiger partial charge in [-0.3, -0.25) is 0 Å². The first kappa shape index (κ1) is 37.2. The number of alkyl halides is 3. The minimum atomic E-state index is -4.30. The van der Waals surface area contributed by atoms with E-state index in [-0.39, 0.29) is 0 Å². The summed E-state index contributed by atoms with van der Waals surface area (Å²) in [5, 5.41) is 4.21. The Labute approximate surface area is 249 Å². The second kappa shape index (κ2) is 20.1. The van der Waals surface area contributed by atoms with Crippen LogP contribution in [0.15, 0.2) is 30.3 Å². The Bertz CT molecular complexity index is 912. The molecular weight excluding hydrogens is 523 g/mol. The van der Waals surface area contributed by atoms with E-state index in [1.165, 1.54) is 83.1 Å². The van der Waals surface area contributed by atoms with E-state index in [2.05, 4.69) is 51.5 Å². The molecule has 0 amide bonds. The topological polar surface area (TPSA) is 30.3 Å². The number of aromatic nitrogens is 2. The fourth-order valence-corrected chi connectivity index (χ4v) is 4.91. The molecule has 3 heterocycles. The monoisotopic (exact) mass is 581 g/mol. The Kier molecular flexibility index (Phi) is 18.2.